The van der Waals surface area contributed by atoms with Crippen LogP contribution in [0.1, 0.15) is 38.1 Å². The maximum absolute atomic E-state index is 13.9. The molecular formula is C23H24ClN7O4. The minimum atomic E-state index is -1.35. The van der Waals surface area contributed by atoms with Crippen LogP contribution in [0.3, 0.4) is 0 Å². The van der Waals surface area contributed by atoms with Crippen LogP contribution >= 0.6 is 11.6 Å². The number of aliphatic hydroxyl groups excluding tert-OH is 1. The van der Waals surface area contributed by atoms with Crippen LogP contribution in [-0.2, 0) is 12.1 Å². The van der Waals surface area contributed by atoms with E-state index in [-0.39, 0.29) is 45.2 Å². The molecule has 35 heavy (non-hydrogen) atoms. The average Bonchev–Trinajstić information content (AvgIpc) is 3.48. The van der Waals surface area contributed by atoms with Crippen LogP contribution in [0.15, 0.2) is 27.8 Å². The lowest BCUT2D eigenvalue weighted by Crippen LogP contribution is -2.39. The fourth-order valence-corrected chi connectivity index (χ4v) is 4.62. The van der Waals surface area contributed by atoms with Gasteiger partial charge in [-0.15, -0.1) is 0 Å². The molecule has 4 aromatic rings. The maximum Gasteiger partial charge on any atom is 0.277 e. The van der Waals surface area contributed by atoms with Crippen molar-refractivity contribution in [2.24, 2.45) is 0 Å². The summed E-state index contributed by atoms with van der Waals surface area (Å²) in [4.78, 5) is 24.7. The smallest absolute Gasteiger partial charge is 0.277 e. The number of fused-ring (bicyclic) bond motifs is 3. The minimum Gasteiger partial charge on any atom is -0.393 e. The highest BCUT2D eigenvalue weighted by atomic mass is 35.5. The summed E-state index contributed by atoms with van der Waals surface area (Å²) in [6.45, 7) is 5.35. The number of hydrogen-bond donors (Lipinski definition) is 2. The first kappa shape index (κ1) is 23.4. The summed E-state index contributed by atoms with van der Waals surface area (Å²) < 4.78 is 8.33. The van der Waals surface area contributed by atoms with E-state index in [1.165, 1.54) is 20.2 Å². The monoisotopic (exact) mass is 497 g/mol. The molecule has 1 fully saturated rings. The van der Waals surface area contributed by atoms with Crippen molar-refractivity contribution in [1.29, 1.82) is 5.26 Å². The van der Waals surface area contributed by atoms with E-state index in [4.69, 9.17) is 16.1 Å². The molecule has 0 saturated carbocycles. The molecule has 1 saturated heterocycles. The van der Waals surface area contributed by atoms with Gasteiger partial charge in [-0.1, -0.05) is 16.8 Å². The summed E-state index contributed by atoms with van der Waals surface area (Å²) in [7, 11) is 0. The lowest BCUT2D eigenvalue weighted by molar-refractivity contribution is 0.0420. The lowest BCUT2D eigenvalue weighted by Gasteiger charge is -2.29. The molecule has 0 atom stereocenters. The largest absolute Gasteiger partial charge is 0.393 e. The standard InChI is InChI=1S/C23H24ClN7O4/c1-23(2,34)22-27-20(28-35-22)17-19-21(33)30(10-9-29-7-5-13(32)6-8-29)18-14(11-25)15(24)3-4-16(18)31(19)12-26-17/h3-4,12-13,32,34H,5-10H2,1-2H3. The number of aromatic nitrogens is 5. The van der Waals surface area contributed by atoms with E-state index in [0.717, 1.165) is 13.1 Å². The molecule has 0 radical (unpaired) electrons. The Morgan fingerprint density at radius 2 is 2.00 bits per heavy atom. The highest BCUT2D eigenvalue weighted by Crippen LogP contribution is 2.29. The average molecular weight is 498 g/mol. The molecule has 4 heterocycles. The normalized spacial score (nSPS) is 15.8. The fraction of sp³-hybridized carbons (Fsp3) is 0.435. The molecule has 0 unspecified atom stereocenters. The van der Waals surface area contributed by atoms with Crippen molar-refractivity contribution >= 4 is 28.2 Å². The van der Waals surface area contributed by atoms with Gasteiger partial charge in [0.15, 0.2) is 0 Å². The quantitative estimate of drug-likeness (QED) is 0.422. The fourth-order valence-electron chi connectivity index (χ4n) is 4.42. The number of benzene rings is 1. The predicted molar refractivity (Wildman–Crippen MR) is 127 cm³/mol. The van der Waals surface area contributed by atoms with E-state index in [1.54, 1.807) is 21.1 Å². The Hall–Kier alpha value is -3.30. The van der Waals surface area contributed by atoms with Gasteiger partial charge in [-0.2, -0.15) is 10.2 Å². The molecule has 0 amide bonds. The van der Waals surface area contributed by atoms with E-state index < -0.39 is 5.60 Å². The number of nitrogens with zero attached hydrogens (tertiary/aromatic N) is 7. The zero-order chi connectivity index (χ0) is 24.9. The molecule has 12 heteroatoms. The number of hydrogen-bond acceptors (Lipinski definition) is 9. The van der Waals surface area contributed by atoms with Crippen LogP contribution in [0.4, 0.5) is 0 Å². The second-order valence-corrected chi connectivity index (χ2v) is 9.63. The Morgan fingerprint density at radius 3 is 2.66 bits per heavy atom. The molecule has 1 aromatic carbocycles. The molecule has 1 aliphatic rings. The van der Waals surface area contributed by atoms with Gasteiger partial charge in [0.05, 0.1) is 27.7 Å². The molecule has 0 bridgehead atoms. The number of aliphatic hydroxyl groups is 2. The first-order chi connectivity index (χ1) is 16.7. The Kier molecular flexibility index (Phi) is 5.85. The van der Waals surface area contributed by atoms with Crippen LogP contribution in [0.2, 0.25) is 5.02 Å². The number of halogens is 1. The van der Waals surface area contributed by atoms with Crippen molar-refractivity contribution in [3.63, 3.8) is 0 Å². The van der Waals surface area contributed by atoms with Crippen LogP contribution in [0, 0.1) is 11.3 Å². The van der Waals surface area contributed by atoms with Crippen LogP contribution in [-0.4, -0.2) is 64.9 Å². The second kappa shape index (κ2) is 8.73. The van der Waals surface area contributed by atoms with E-state index in [0.29, 0.717) is 37.0 Å². The van der Waals surface area contributed by atoms with Crippen molar-refractivity contribution in [3.05, 3.63) is 45.3 Å². The molecule has 0 spiro atoms. The third-order valence-corrected chi connectivity index (χ3v) is 6.64. The van der Waals surface area contributed by atoms with Gasteiger partial charge in [0, 0.05) is 26.2 Å². The summed E-state index contributed by atoms with van der Waals surface area (Å²) in [5.74, 6) is 0.0766. The van der Waals surface area contributed by atoms with E-state index in [9.17, 15) is 20.3 Å². The third-order valence-electron chi connectivity index (χ3n) is 6.32. The molecule has 0 aliphatic carbocycles. The van der Waals surface area contributed by atoms with E-state index in [1.807, 2.05) is 0 Å². The minimum absolute atomic E-state index is 0.000555. The van der Waals surface area contributed by atoms with Gasteiger partial charge >= 0.3 is 0 Å². The van der Waals surface area contributed by atoms with Gasteiger partial charge in [-0.25, -0.2) is 4.98 Å². The molecule has 3 aromatic heterocycles. The Labute approximate surface area is 204 Å². The number of nitriles is 1. The third kappa shape index (κ3) is 4.08. The predicted octanol–water partition coefficient (Wildman–Crippen LogP) is 1.91. The molecule has 5 rings (SSSR count). The van der Waals surface area contributed by atoms with Gasteiger partial charge in [-0.3, -0.25) is 9.20 Å². The molecule has 11 nitrogen and oxygen atoms in total. The first-order valence-electron chi connectivity index (χ1n) is 11.3. The summed E-state index contributed by atoms with van der Waals surface area (Å²) in [5, 5.41) is 34.0. The number of rotatable bonds is 5. The van der Waals surface area contributed by atoms with E-state index in [2.05, 4.69) is 26.1 Å². The Bertz CT molecular complexity index is 1520. The summed E-state index contributed by atoms with van der Waals surface area (Å²) in [6.07, 6.45) is 2.53. The molecule has 1 aliphatic heterocycles. The first-order valence-corrected chi connectivity index (χ1v) is 11.7. The summed E-state index contributed by atoms with van der Waals surface area (Å²) in [6, 6.07) is 5.49. The molecule has 2 N–H and O–H groups in total. The Balaban J connectivity index is 1.69. The highest BCUT2D eigenvalue weighted by molar-refractivity contribution is 6.32. The van der Waals surface area contributed by atoms with Crippen molar-refractivity contribution in [2.45, 2.75) is 44.9 Å². The van der Waals surface area contributed by atoms with Crippen molar-refractivity contribution < 1.29 is 14.7 Å². The second-order valence-electron chi connectivity index (χ2n) is 9.23. The van der Waals surface area contributed by atoms with Gasteiger partial charge in [-0.05, 0) is 38.8 Å². The van der Waals surface area contributed by atoms with Crippen molar-refractivity contribution in [1.82, 2.24) is 29.0 Å². The SMILES string of the molecule is CC(C)(O)c1nc(-c2ncn3c2c(=O)n(CCN2CCC(O)CC2)c2c(C#N)c(Cl)ccc23)no1. The zero-order valence-electron chi connectivity index (χ0n) is 19.3. The molecular weight excluding hydrogens is 474 g/mol. The lowest BCUT2D eigenvalue weighted by atomic mass is 10.1. The summed E-state index contributed by atoms with van der Waals surface area (Å²) >= 11 is 6.33. The van der Waals surface area contributed by atoms with Gasteiger partial charge in [0.1, 0.15) is 29.2 Å². The van der Waals surface area contributed by atoms with Crippen molar-refractivity contribution in [2.75, 3.05) is 19.6 Å². The van der Waals surface area contributed by atoms with Crippen LogP contribution < -0.4 is 5.56 Å². The van der Waals surface area contributed by atoms with Gasteiger partial charge in [0.25, 0.3) is 11.4 Å². The number of likely N-dealkylation sites (tertiary alicyclic amines) is 1. The van der Waals surface area contributed by atoms with Gasteiger partial charge < -0.3 is 24.2 Å². The number of piperidine rings is 1. The highest BCUT2D eigenvalue weighted by Gasteiger charge is 2.28. The Morgan fingerprint density at radius 1 is 1.26 bits per heavy atom. The van der Waals surface area contributed by atoms with E-state index >= 15 is 0 Å². The number of imidazole rings is 1. The van der Waals surface area contributed by atoms with Gasteiger partial charge in [0.2, 0.25) is 5.82 Å². The molecule has 182 valence electrons. The maximum atomic E-state index is 13.9. The zero-order valence-corrected chi connectivity index (χ0v) is 20.0. The topological polar surface area (TPSA) is 146 Å². The van der Waals surface area contributed by atoms with Crippen molar-refractivity contribution in [3.8, 4) is 17.6 Å². The van der Waals surface area contributed by atoms with Crippen LogP contribution in [0.5, 0.6) is 0 Å². The summed E-state index contributed by atoms with van der Waals surface area (Å²) in [5.41, 5.74) is -0.0933. The van der Waals surface area contributed by atoms with Crippen LogP contribution in [0.25, 0.3) is 28.1 Å².